The Hall–Kier alpha value is -1.46. The van der Waals surface area contributed by atoms with Crippen LogP contribution in [0.4, 0.5) is 0 Å². The molecule has 1 aromatic heterocycles. The minimum Gasteiger partial charge on any atom is -0.430 e. The number of hydrogen-bond acceptors (Lipinski definition) is 5. The van der Waals surface area contributed by atoms with Gasteiger partial charge >= 0.3 is 0 Å². The zero-order valence-corrected chi connectivity index (χ0v) is 11.0. The number of aromatic nitrogens is 2. The molecule has 4 nitrogen and oxygen atoms in total. The summed E-state index contributed by atoms with van der Waals surface area (Å²) in [5.74, 6) is 0.814. The molecule has 0 aliphatic carbocycles. The highest BCUT2D eigenvalue weighted by atomic mass is 32.1. The van der Waals surface area contributed by atoms with Crippen molar-refractivity contribution < 1.29 is 4.74 Å². The van der Waals surface area contributed by atoms with Crippen LogP contribution < -0.4 is 10.1 Å². The Morgan fingerprint density at radius 2 is 1.88 bits per heavy atom. The van der Waals surface area contributed by atoms with Crippen molar-refractivity contribution >= 4 is 11.3 Å². The van der Waals surface area contributed by atoms with Crippen molar-refractivity contribution in [2.24, 2.45) is 0 Å². The van der Waals surface area contributed by atoms with E-state index >= 15 is 0 Å². The van der Waals surface area contributed by atoms with Gasteiger partial charge in [0.25, 0.3) is 5.19 Å². The first-order valence-corrected chi connectivity index (χ1v) is 6.22. The summed E-state index contributed by atoms with van der Waals surface area (Å²) in [5.41, 5.74) is 2.36. The van der Waals surface area contributed by atoms with E-state index in [0.29, 0.717) is 11.7 Å². The van der Waals surface area contributed by atoms with Crippen LogP contribution in [0.15, 0.2) is 18.2 Å². The molecule has 2 rings (SSSR count). The van der Waals surface area contributed by atoms with Gasteiger partial charge in [-0.15, -0.1) is 5.10 Å². The smallest absolute Gasteiger partial charge is 0.299 e. The lowest BCUT2D eigenvalue weighted by molar-refractivity contribution is 0.472. The Kier molecular flexibility index (Phi) is 3.71. The van der Waals surface area contributed by atoms with Gasteiger partial charge in [-0.05, 0) is 44.2 Å². The monoisotopic (exact) mass is 249 g/mol. The van der Waals surface area contributed by atoms with Gasteiger partial charge in [0.05, 0.1) is 0 Å². The van der Waals surface area contributed by atoms with Crippen molar-refractivity contribution in [3.05, 3.63) is 34.3 Å². The van der Waals surface area contributed by atoms with E-state index in [4.69, 9.17) is 4.74 Å². The molecule has 0 amide bonds. The number of benzene rings is 1. The van der Waals surface area contributed by atoms with Gasteiger partial charge in [-0.3, -0.25) is 0 Å². The third-order valence-corrected chi connectivity index (χ3v) is 2.98. The molecule has 0 unspecified atom stereocenters. The molecule has 0 saturated heterocycles. The van der Waals surface area contributed by atoms with Crippen LogP contribution in [0.25, 0.3) is 0 Å². The van der Waals surface area contributed by atoms with E-state index in [0.717, 1.165) is 10.8 Å². The van der Waals surface area contributed by atoms with Crippen molar-refractivity contribution in [2.45, 2.75) is 20.4 Å². The lowest BCUT2D eigenvalue weighted by atomic mass is 10.1. The SMILES string of the molecule is CNCc1nnc(Oc2cc(C)cc(C)c2)s1. The molecule has 0 radical (unpaired) electrons. The topological polar surface area (TPSA) is 47.0 Å². The minimum atomic E-state index is 0.584. The second-order valence-corrected chi connectivity index (χ2v) is 4.94. The van der Waals surface area contributed by atoms with E-state index in [1.54, 1.807) is 0 Å². The van der Waals surface area contributed by atoms with Crippen LogP contribution in [0.3, 0.4) is 0 Å². The molecule has 0 saturated carbocycles. The predicted octanol–water partition coefficient (Wildman–Crippen LogP) is 2.67. The molecule has 0 aliphatic rings. The lowest BCUT2D eigenvalue weighted by Crippen LogP contribution is -2.04. The van der Waals surface area contributed by atoms with Crippen molar-refractivity contribution in [3.8, 4) is 10.9 Å². The summed E-state index contributed by atoms with van der Waals surface area (Å²) in [6, 6.07) is 6.09. The van der Waals surface area contributed by atoms with Crippen molar-refractivity contribution in [2.75, 3.05) is 7.05 Å². The fourth-order valence-corrected chi connectivity index (χ4v) is 2.31. The Morgan fingerprint density at radius 3 is 2.53 bits per heavy atom. The van der Waals surface area contributed by atoms with Gasteiger partial charge in [0.1, 0.15) is 10.8 Å². The van der Waals surface area contributed by atoms with Crippen molar-refractivity contribution in [1.29, 1.82) is 0 Å². The molecule has 2 aromatic rings. The summed E-state index contributed by atoms with van der Waals surface area (Å²) in [4.78, 5) is 0. The van der Waals surface area contributed by atoms with E-state index in [1.165, 1.54) is 22.5 Å². The molecular formula is C12H15N3OS. The summed E-state index contributed by atoms with van der Waals surface area (Å²) in [6.45, 7) is 4.81. The molecular weight excluding hydrogens is 234 g/mol. The van der Waals surface area contributed by atoms with Crippen LogP contribution >= 0.6 is 11.3 Å². The molecule has 90 valence electrons. The number of nitrogens with zero attached hydrogens (tertiary/aromatic N) is 2. The van der Waals surface area contributed by atoms with E-state index in [2.05, 4.69) is 21.6 Å². The van der Waals surface area contributed by atoms with Gasteiger partial charge < -0.3 is 10.1 Å². The Bertz CT molecular complexity index is 490. The van der Waals surface area contributed by atoms with Gasteiger partial charge in [0.2, 0.25) is 0 Å². The van der Waals surface area contributed by atoms with E-state index in [-0.39, 0.29) is 0 Å². The van der Waals surface area contributed by atoms with Gasteiger partial charge in [0.15, 0.2) is 0 Å². The van der Waals surface area contributed by atoms with Gasteiger partial charge in [-0.25, -0.2) is 0 Å². The van der Waals surface area contributed by atoms with Crippen LogP contribution in [0.1, 0.15) is 16.1 Å². The average molecular weight is 249 g/mol. The maximum atomic E-state index is 5.68. The standard InChI is InChI=1S/C12H15N3OS/c1-8-4-9(2)6-10(5-8)16-12-15-14-11(17-12)7-13-3/h4-6,13H,7H2,1-3H3. The zero-order chi connectivity index (χ0) is 12.3. The summed E-state index contributed by atoms with van der Waals surface area (Å²) < 4.78 is 5.68. The average Bonchev–Trinajstić information content (AvgIpc) is 2.64. The summed E-state index contributed by atoms with van der Waals surface area (Å²) in [6.07, 6.45) is 0. The number of nitrogens with one attached hydrogen (secondary N) is 1. The minimum absolute atomic E-state index is 0.584. The first-order chi connectivity index (χ1) is 8.17. The number of aryl methyl sites for hydroxylation is 2. The zero-order valence-electron chi connectivity index (χ0n) is 10.2. The summed E-state index contributed by atoms with van der Waals surface area (Å²) in [7, 11) is 1.88. The maximum absolute atomic E-state index is 5.68. The van der Waals surface area contributed by atoms with Gasteiger partial charge in [0, 0.05) is 6.54 Å². The largest absolute Gasteiger partial charge is 0.430 e. The highest BCUT2D eigenvalue weighted by Gasteiger charge is 2.06. The Morgan fingerprint density at radius 1 is 1.18 bits per heavy atom. The predicted molar refractivity (Wildman–Crippen MR) is 68.7 cm³/mol. The first-order valence-electron chi connectivity index (χ1n) is 5.40. The molecule has 0 atom stereocenters. The second-order valence-electron chi connectivity index (χ2n) is 3.92. The van der Waals surface area contributed by atoms with Crippen LogP contribution in [-0.4, -0.2) is 17.2 Å². The van der Waals surface area contributed by atoms with Crippen LogP contribution in [0.2, 0.25) is 0 Å². The highest BCUT2D eigenvalue weighted by molar-refractivity contribution is 7.13. The molecule has 0 spiro atoms. The van der Waals surface area contributed by atoms with Crippen molar-refractivity contribution in [3.63, 3.8) is 0 Å². The number of rotatable bonds is 4. The molecule has 0 fully saturated rings. The van der Waals surface area contributed by atoms with Crippen molar-refractivity contribution in [1.82, 2.24) is 15.5 Å². The number of hydrogen-bond donors (Lipinski definition) is 1. The third-order valence-electron chi connectivity index (χ3n) is 2.18. The van der Waals surface area contributed by atoms with E-state index in [1.807, 2.05) is 33.0 Å². The molecule has 0 bridgehead atoms. The maximum Gasteiger partial charge on any atom is 0.299 e. The lowest BCUT2D eigenvalue weighted by Gasteiger charge is -2.03. The molecule has 17 heavy (non-hydrogen) atoms. The highest BCUT2D eigenvalue weighted by Crippen LogP contribution is 2.26. The third kappa shape index (κ3) is 3.25. The molecule has 1 heterocycles. The fraction of sp³-hybridized carbons (Fsp3) is 0.333. The fourth-order valence-electron chi connectivity index (χ4n) is 1.59. The first kappa shape index (κ1) is 12.0. The Balaban J connectivity index is 2.13. The van der Waals surface area contributed by atoms with Gasteiger partial charge in [-0.2, -0.15) is 0 Å². The number of ether oxygens (including phenoxy) is 1. The van der Waals surface area contributed by atoms with Crippen LogP contribution in [-0.2, 0) is 6.54 Å². The summed E-state index contributed by atoms with van der Waals surface area (Å²) >= 11 is 1.46. The van der Waals surface area contributed by atoms with E-state index in [9.17, 15) is 0 Å². The van der Waals surface area contributed by atoms with Gasteiger partial charge in [-0.1, -0.05) is 22.5 Å². The van der Waals surface area contributed by atoms with Crippen LogP contribution in [0, 0.1) is 13.8 Å². The molecule has 5 heteroatoms. The Labute approximate surface area is 105 Å². The molecule has 1 aromatic carbocycles. The molecule has 1 N–H and O–H groups in total. The second kappa shape index (κ2) is 5.25. The van der Waals surface area contributed by atoms with Crippen LogP contribution in [0.5, 0.6) is 10.9 Å². The molecule has 0 aliphatic heterocycles. The summed E-state index contributed by atoms with van der Waals surface area (Å²) in [5, 5.41) is 12.6. The van der Waals surface area contributed by atoms with E-state index < -0.39 is 0 Å². The normalized spacial score (nSPS) is 10.5. The quantitative estimate of drug-likeness (QED) is 0.905.